The number of carbonyl (C=O) groups is 3. The van der Waals surface area contributed by atoms with Crippen LogP contribution in [0.25, 0.3) is 0 Å². The van der Waals surface area contributed by atoms with Crippen LogP contribution in [0.4, 0.5) is 10.1 Å². The van der Waals surface area contributed by atoms with E-state index in [1.165, 1.54) is 30.3 Å². The lowest BCUT2D eigenvalue weighted by Gasteiger charge is -2.14. The molecule has 0 bridgehead atoms. The average Bonchev–Trinajstić information content (AvgIpc) is 2.55. The lowest BCUT2D eigenvalue weighted by atomic mass is 9.98. The van der Waals surface area contributed by atoms with E-state index in [0.717, 1.165) is 12.1 Å². The van der Waals surface area contributed by atoms with Crippen molar-refractivity contribution in [3.8, 4) is 5.75 Å². The van der Waals surface area contributed by atoms with Crippen molar-refractivity contribution in [2.45, 2.75) is 6.42 Å². The van der Waals surface area contributed by atoms with E-state index in [9.17, 15) is 23.9 Å². The van der Waals surface area contributed by atoms with Crippen LogP contribution in [0.5, 0.6) is 5.75 Å². The third kappa shape index (κ3) is 4.31. The summed E-state index contributed by atoms with van der Waals surface area (Å²) in [7, 11) is 0. The molecule has 0 radical (unpaired) electrons. The zero-order valence-electron chi connectivity index (χ0n) is 12.8. The fourth-order valence-electron chi connectivity index (χ4n) is 2.20. The number of nitrogens with one attached hydrogen (secondary N) is 1. The highest BCUT2D eigenvalue weighted by molar-refractivity contribution is 6.07. The predicted molar refractivity (Wildman–Crippen MR) is 84.9 cm³/mol. The molecule has 2 aromatic carbocycles. The second-order valence-electron chi connectivity index (χ2n) is 5.22. The molecule has 0 fully saturated rings. The zero-order chi connectivity index (χ0) is 18.6. The van der Waals surface area contributed by atoms with Gasteiger partial charge < -0.3 is 20.6 Å². The molecule has 0 aliphatic rings. The number of hydrogen-bond donors (Lipinski definition) is 4. The lowest BCUT2D eigenvalue weighted by molar-refractivity contribution is -0.145. The molecule has 2 rings (SSSR count). The van der Waals surface area contributed by atoms with Crippen molar-refractivity contribution < 1.29 is 34.1 Å². The molecule has 1 amide bonds. The summed E-state index contributed by atoms with van der Waals surface area (Å²) < 4.78 is 13.4. The van der Waals surface area contributed by atoms with Crippen molar-refractivity contribution in [1.29, 1.82) is 0 Å². The van der Waals surface area contributed by atoms with Gasteiger partial charge in [0.05, 0.1) is 11.3 Å². The van der Waals surface area contributed by atoms with Gasteiger partial charge in [0.2, 0.25) is 5.91 Å². The summed E-state index contributed by atoms with van der Waals surface area (Å²) in [6.07, 6.45) is -0.326. The van der Waals surface area contributed by atoms with Gasteiger partial charge in [0.1, 0.15) is 5.92 Å². The van der Waals surface area contributed by atoms with Crippen LogP contribution in [0.15, 0.2) is 42.5 Å². The van der Waals surface area contributed by atoms with E-state index < -0.39 is 35.3 Å². The Bertz CT molecular complexity index is 836. The fourth-order valence-corrected chi connectivity index (χ4v) is 2.20. The van der Waals surface area contributed by atoms with Gasteiger partial charge in [0.15, 0.2) is 11.6 Å². The Kier molecular flexibility index (Phi) is 5.33. The second-order valence-corrected chi connectivity index (χ2v) is 5.22. The molecule has 0 spiro atoms. The summed E-state index contributed by atoms with van der Waals surface area (Å²) in [5.41, 5.74) is -0.0248. The van der Waals surface area contributed by atoms with Gasteiger partial charge >= 0.3 is 11.9 Å². The number of amides is 1. The highest BCUT2D eigenvalue weighted by Crippen LogP contribution is 2.21. The number of aromatic carboxylic acids is 1. The minimum absolute atomic E-state index is 0.0388. The van der Waals surface area contributed by atoms with Crippen molar-refractivity contribution in [3.63, 3.8) is 0 Å². The van der Waals surface area contributed by atoms with Crippen LogP contribution in [0, 0.1) is 11.7 Å². The number of aromatic hydroxyl groups is 1. The number of phenolic OH excluding ortho intramolecular Hbond substituents is 1. The summed E-state index contributed by atoms with van der Waals surface area (Å²) in [4.78, 5) is 34.8. The van der Waals surface area contributed by atoms with E-state index >= 15 is 0 Å². The number of anilines is 1. The number of para-hydroxylation sites is 1. The predicted octanol–water partition coefficient (Wildman–Crippen LogP) is 2.11. The summed E-state index contributed by atoms with van der Waals surface area (Å²) in [6.45, 7) is 0. The molecular weight excluding hydrogens is 333 g/mol. The lowest BCUT2D eigenvalue weighted by Crippen LogP contribution is -2.31. The molecule has 7 nitrogen and oxygen atoms in total. The first-order valence-corrected chi connectivity index (χ1v) is 7.13. The summed E-state index contributed by atoms with van der Waals surface area (Å²) in [5, 5.41) is 29.8. The number of hydrogen-bond acceptors (Lipinski definition) is 4. The molecule has 4 N–H and O–H groups in total. The fraction of sp³-hybridized carbons (Fsp3) is 0.118. The van der Waals surface area contributed by atoms with Crippen LogP contribution in [0.1, 0.15) is 15.9 Å². The van der Waals surface area contributed by atoms with Gasteiger partial charge in [0, 0.05) is 0 Å². The third-order valence-corrected chi connectivity index (χ3v) is 3.48. The van der Waals surface area contributed by atoms with Gasteiger partial charge in [-0.2, -0.15) is 0 Å². The number of rotatable bonds is 6. The summed E-state index contributed by atoms with van der Waals surface area (Å²) in [5.74, 6) is -6.74. The molecule has 25 heavy (non-hydrogen) atoms. The van der Waals surface area contributed by atoms with Gasteiger partial charge in [-0.1, -0.05) is 18.2 Å². The highest BCUT2D eigenvalue weighted by Gasteiger charge is 2.28. The van der Waals surface area contributed by atoms with Crippen molar-refractivity contribution in [3.05, 3.63) is 59.4 Å². The highest BCUT2D eigenvalue weighted by atomic mass is 19.1. The first-order chi connectivity index (χ1) is 11.8. The Morgan fingerprint density at radius 1 is 1.08 bits per heavy atom. The van der Waals surface area contributed by atoms with Gasteiger partial charge in [-0.25, -0.2) is 9.18 Å². The van der Waals surface area contributed by atoms with Gasteiger partial charge in [0.25, 0.3) is 0 Å². The van der Waals surface area contributed by atoms with Gasteiger partial charge in [-0.05, 0) is 36.2 Å². The Labute approximate surface area is 141 Å². The average molecular weight is 347 g/mol. The van der Waals surface area contributed by atoms with Crippen molar-refractivity contribution >= 4 is 23.5 Å². The Morgan fingerprint density at radius 3 is 2.36 bits per heavy atom. The smallest absolute Gasteiger partial charge is 0.337 e. The van der Waals surface area contributed by atoms with E-state index in [1.807, 2.05) is 0 Å². The van der Waals surface area contributed by atoms with Gasteiger partial charge in [-0.3, -0.25) is 9.59 Å². The van der Waals surface area contributed by atoms with Crippen LogP contribution < -0.4 is 5.32 Å². The number of benzene rings is 2. The third-order valence-electron chi connectivity index (χ3n) is 3.48. The van der Waals surface area contributed by atoms with Crippen LogP contribution in [-0.2, 0) is 16.0 Å². The van der Waals surface area contributed by atoms with Crippen LogP contribution in [0.2, 0.25) is 0 Å². The summed E-state index contributed by atoms with van der Waals surface area (Å²) >= 11 is 0. The number of halogens is 1. The molecule has 2 aromatic rings. The van der Waals surface area contributed by atoms with Crippen LogP contribution in [-0.4, -0.2) is 33.2 Å². The van der Waals surface area contributed by atoms with Gasteiger partial charge in [-0.15, -0.1) is 0 Å². The molecule has 0 saturated heterocycles. The Morgan fingerprint density at radius 2 is 1.76 bits per heavy atom. The number of phenols is 1. The SMILES string of the molecule is O=C(O)c1ccccc1NC(=O)C(Cc1ccc(O)c(F)c1)C(=O)O. The Hall–Kier alpha value is -3.42. The maximum Gasteiger partial charge on any atom is 0.337 e. The number of carboxylic acids is 2. The van der Waals surface area contributed by atoms with E-state index in [-0.39, 0.29) is 23.2 Å². The zero-order valence-corrected chi connectivity index (χ0v) is 12.8. The van der Waals surface area contributed by atoms with Crippen LogP contribution in [0.3, 0.4) is 0 Å². The molecule has 8 heteroatoms. The largest absolute Gasteiger partial charge is 0.505 e. The topological polar surface area (TPSA) is 124 Å². The molecule has 0 aliphatic carbocycles. The number of carboxylic acid groups (broad SMARTS) is 2. The number of aliphatic carboxylic acids is 1. The van der Waals surface area contributed by atoms with Crippen molar-refractivity contribution in [2.75, 3.05) is 5.32 Å². The molecule has 130 valence electrons. The van der Waals surface area contributed by atoms with Crippen molar-refractivity contribution in [1.82, 2.24) is 0 Å². The maximum atomic E-state index is 13.4. The maximum absolute atomic E-state index is 13.4. The normalized spacial score (nSPS) is 11.6. The van der Waals surface area contributed by atoms with E-state index in [0.29, 0.717) is 0 Å². The molecule has 0 heterocycles. The molecule has 0 aromatic heterocycles. The van der Waals surface area contributed by atoms with Crippen LogP contribution >= 0.6 is 0 Å². The standard InChI is InChI=1S/C17H14FNO6/c18-12-8-9(5-6-14(12)20)7-11(17(24)25)15(21)19-13-4-2-1-3-10(13)16(22)23/h1-6,8,11,20H,7H2,(H,19,21)(H,22,23)(H,24,25). The molecule has 0 saturated carbocycles. The first kappa shape index (κ1) is 17.9. The second kappa shape index (κ2) is 7.43. The quantitative estimate of drug-likeness (QED) is 0.593. The minimum atomic E-state index is -1.56. The molecule has 0 aliphatic heterocycles. The Balaban J connectivity index is 2.23. The molecular formula is C17H14FNO6. The number of carbonyl (C=O) groups excluding carboxylic acids is 1. The monoisotopic (exact) mass is 347 g/mol. The van der Waals surface area contributed by atoms with Crippen molar-refractivity contribution in [2.24, 2.45) is 5.92 Å². The summed E-state index contributed by atoms with van der Waals surface area (Å²) in [6, 6.07) is 8.85. The van der Waals surface area contributed by atoms with E-state index in [4.69, 9.17) is 10.2 Å². The first-order valence-electron chi connectivity index (χ1n) is 7.13. The van der Waals surface area contributed by atoms with E-state index in [2.05, 4.69) is 5.32 Å². The minimum Gasteiger partial charge on any atom is -0.505 e. The molecule has 1 atom stereocenters. The molecule has 1 unspecified atom stereocenters. The van der Waals surface area contributed by atoms with E-state index in [1.54, 1.807) is 0 Å².